The van der Waals surface area contributed by atoms with E-state index in [1.165, 1.54) is 0 Å². The Bertz CT molecular complexity index is 499. The number of methoxy groups -OCH3 is 1. The van der Waals surface area contributed by atoms with Gasteiger partial charge in [0.25, 0.3) is 0 Å². The number of ketones is 1. The molecule has 1 fully saturated rings. The van der Waals surface area contributed by atoms with Gasteiger partial charge in [-0.1, -0.05) is 0 Å². The Morgan fingerprint density at radius 2 is 2.00 bits per heavy atom. The third kappa shape index (κ3) is 4.04. The van der Waals surface area contributed by atoms with Gasteiger partial charge in [-0.05, 0) is 31.2 Å². The molecule has 1 heterocycles. The smallest absolute Gasteiger partial charge is 0.223 e. The fourth-order valence-corrected chi connectivity index (χ4v) is 2.50. The molecule has 5 nitrogen and oxygen atoms in total. The Balaban J connectivity index is 1.86. The number of nitrogens with one attached hydrogen (secondary N) is 1. The second kappa shape index (κ2) is 7.22. The van der Waals surface area contributed by atoms with Crippen molar-refractivity contribution in [3.8, 4) is 5.75 Å². The molecule has 5 heteroatoms. The Hall–Kier alpha value is -1.88. The molecule has 21 heavy (non-hydrogen) atoms. The molecule has 1 aromatic rings. The molecular weight excluding hydrogens is 268 g/mol. The van der Waals surface area contributed by atoms with E-state index in [0.29, 0.717) is 5.56 Å². The van der Waals surface area contributed by atoms with Gasteiger partial charge in [0.2, 0.25) is 5.91 Å². The number of amides is 1. The number of hydrogen-bond acceptors (Lipinski definition) is 4. The van der Waals surface area contributed by atoms with Crippen LogP contribution in [0.4, 0.5) is 0 Å². The van der Waals surface area contributed by atoms with E-state index in [4.69, 9.17) is 4.74 Å². The summed E-state index contributed by atoms with van der Waals surface area (Å²) in [6.07, 6.45) is 0.525. The van der Waals surface area contributed by atoms with Gasteiger partial charge >= 0.3 is 0 Å². The van der Waals surface area contributed by atoms with Crippen LogP contribution in [0.2, 0.25) is 0 Å². The van der Waals surface area contributed by atoms with Gasteiger partial charge in [-0.3, -0.25) is 9.59 Å². The van der Waals surface area contributed by atoms with Crippen molar-refractivity contribution in [2.75, 3.05) is 26.7 Å². The molecule has 1 aromatic carbocycles. The first-order valence-electron chi connectivity index (χ1n) is 7.29. The molecule has 0 saturated carbocycles. The second-order valence-electron chi connectivity index (χ2n) is 5.29. The lowest BCUT2D eigenvalue weighted by Gasteiger charge is -2.34. The third-order valence-corrected chi connectivity index (χ3v) is 3.80. The maximum atomic E-state index is 12.2. The lowest BCUT2D eigenvalue weighted by atomic mass is 10.1. The highest BCUT2D eigenvalue weighted by molar-refractivity contribution is 5.98. The SMILES string of the molecule is COc1ccc(C(=O)CCC(=O)N2CCNCC2C)cc1. The molecule has 1 unspecified atom stereocenters. The van der Waals surface area contributed by atoms with E-state index < -0.39 is 0 Å². The van der Waals surface area contributed by atoms with Crippen LogP contribution in [0, 0.1) is 0 Å². The zero-order valence-electron chi connectivity index (χ0n) is 12.6. The number of nitrogens with zero attached hydrogens (tertiary/aromatic N) is 1. The van der Waals surface area contributed by atoms with E-state index in [1.54, 1.807) is 31.4 Å². The number of carbonyl (C=O) groups excluding carboxylic acids is 2. The fraction of sp³-hybridized carbons (Fsp3) is 0.500. The summed E-state index contributed by atoms with van der Waals surface area (Å²) in [4.78, 5) is 26.1. The minimum Gasteiger partial charge on any atom is -0.497 e. The van der Waals surface area contributed by atoms with E-state index >= 15 is 0 Å². The molecule has 0 spiro atoms. The number of Topliss-reactive ketones (excluding diaryl/α,β-unsaturated/α-hetero) is 1. The molecule has 1 N–H and O–H groups in total. The predicted octanol–water partition coefficient (Wildman–Crippen LogP) is 1.48. The minimum absolute atomic E-state index is 0.00575. The van der Waals surface area contributed by atoms with Crippen LogP contribution in [0.1, 0.15) is 30.1 Å². The van der Waals surface area contributed by atoms with Crippen molar-refractivity contribution >= 4 is 11.7 Å². The van der Waals surface area contributed by atoms with E-state index in [1.807, 2.05) is 11.8 Å². The highest BCUT2D eigenvalue weighted by Gasteiger charge is 2.23. The van der Waals surface area contributed by atoms with Gasteiger partial charge in [0.1, 0.15) is 5.75 Å². The van der Waals surface area contributed by atoms with Gasteiger partial charge in [-0.15, -0.1) is 0 Å². The van der Waals surface area contributed by atoms with Crippen molar-refractivity contribution in [1.82, 2.24) is 10.2 Å². The lowest BCUT2D eigenvalue weighted by Crippen LogP contribution is -2.52. The average Bonchev–Trinajstić information content (AvgIpc) is 2.52. The van der Waals surface area contributed by atoms with Crippen LogP contribution in [0.15, 0.2) is 24.3 Å². The van der Waals surface area contributed by atoms with Gasteiger partial charge in [0.05, 0.1) is 7.11 Å². The van der Waals surface area contributed by atoms with Crippen LogP contribution in [0.3, 0.4) is 0 Å². The summed E-state index contributed by atoms with van der Waals surface area (Å²) in [7, 11) is 1.59. The summed E-state index contributed by atoms with van der Waals surface area (Å²) < 4.78 is 5.06. The van der Waals surface area contributed by atoms with Crippen molar-refractivity contribution in [1.29, 1.82) is 0 Å². The third-order valence-electron chi connectivity index (χ3n) is 3.80. The molecule has 0 aliphatic carbocycles. The summed E-state index contributed by atoms with van der Waals surface area (Å²) >= 11 is 0. The van der Waals surface area contributed by atoms with Gasteiger partial charge in [0.15, 0.2) is 5.78 Å². The van der Waals surface area contributed by atoms with Crippen molar-refractivity contribution in [2.24, 2.45) is 0 Å². The van der Waals surface area contributed by atoms with Crippen molar-refractivity contribution in [3.63, 3.8) is 0 Å². The number of hydrogen-bond donors (Lipinski definition) is 1. The van der Waals surface area contributed by atoms with E-state index in [9.17, 15) is 9.59 Å². The van der Waals surface area contributed by atoms with E-state index in [-0.39, 0.29) is 30.6 Å². The van der Waals surface area contributed by atoms with Crippen LogP contribution in [-0.2, 0) is 4.79 Å². The standard InChI is InChI=1S/C16H22N2O3/c1-12-11-17-9-10-18(12)16(20)8-7-15(19)13-3-5-14(21-2)6-4-13/h3-6,12,17H,7-11H2,1-2H3. The number of piperazine rings is 1. The summed E-state index contributed by atoms with van der Waals surface area (Å²) in [5.41, 5.74) is 0.622. The first-order chi connectivity index (χ1) is 10.1. The lowest BCUT2D eigenvalue weighted by molar-refractivity contribution is -0.133. The van der Waals surface area contributed by atoms with Crippen LogP contribution in [0.25, 0.3) is 0 Å². The van der Waals surface area contributed by atoms with E-state index in [2.05, 4.69) is 5.32 Å². The van der Waals surface area contributed by atoms with Gasteiger partial charge in [-0.2, -0.15) is 0 Å². The highest BCUT2D eigenvalue weighted by atomic mass is 16.5. The molecule has 1 saturated heterocycles. The first-order valence-corrected chi connectivity index (χ1v) is 7.29. The zero-order chi connectivity index (χ0) is 15.2. The Morgan fingerprint density at radius 1 is 1.29 bits per heavy atom. The Morgan fingerprint density at radius 3 is 2.62 bits per heavy atom. The average molecular weight is 290 g/mol. The molecule has 0 aromatic heterocycles. The van der Waals surface area contributed by atoms with Gasteiger partial charge < -0.3 is 15.0 Å². The fourth-order valence-electron chi connectivity index (χ4n) is 2.50. The molecule has 0 bridgehead atoms. The number of benzene rings is 1. The van der Waals surface area contributed by atoms with Crippen molar-refractivity contribution in [3.05, 3.63) is 29.8 Å². The van der Waals surface area contributed by atoms with Gasteiger partial charge in [-0.25, -0.2) is 0 Å². The number of carbonyl (C=O) groups is 2. The topological polar surface area (TPSA) is 58.6 Å². The van der Waals surface area contributed by atoms with Crippen molar-refractivity contribution in [2.45, 2.75) is 25.8 Å². The zero-order valence-corrected chi connectivity index (χ0v) is 12.6. The summed E-state index contributed by atoms with van der Waals surface area (Å²) in [6, 6.07) is 7.18. The quantitative estimate of drug-likeness (QED) is 0.835. The maximum Gasteiger partial charge on any atom is 0.223 e. The molecule has 1 aliphatic rings. The number of rotatable bonds is 5. The molecule has 1 aliphatic heterocycles. The van der Waals surface area contributed by atoms with Crippen LogP contribution in [-0.4, -0.2) is 49.4 Å². The molecule has 2 rings (SSSR count). The first kappa shape index (κ1) is 15.5. The molecular formula is C16H22N2O3. The van der Waals surface area contributed by atoms with Crippen molar-refractivity contribution < 1.29 is 14.3 Å². The minimum atomic E-state index is -0.00575. The van der Waals surface area contributed by atoms with Crippen LogP contribution >= 0.6 is 0 Å². The molecule has 114 valence electrons. The monoisotopic (exact) mass is 290 g/mol. The number of ether oxygens (including phenoxy) is 1. The van der Waals surface area contributed by atoms with E-state index in [0.717, 1.165) is 25.4 Å². The second-order valence-corrected chi connectivity index (χ2v) is 5.29. The normalized spacial score (nSPS) is 18.4. The highest BCUT2D eigenvalue weighted by Crippen LogP contribution is 2.14. The van der Waals surface area contributed by atoms with Crippen LogP contribution < -0.4 is 10.1 Å². The Labute approximate surface area is 125 Å². The largest absolute Gasteiger partial charge is 0.497 e. The Kier molecular flexibility index (Phi) is 5.33. The maximum absolute atomic E-state index is 12.2. The summed E-state index contributed by atoms with van der Waals surface area (Å²) in [6.45, 7) is 4.38. The molecule has 1 atom stereocenters. The molecule has 1 amide bonds. The summed E-state index contributed by atoms with van der Waals surface area (Å²) in [5.74, 6) is 0.775. The predicted molar refractivity (Wildman–Crippen MR) is 80.6 cm³/mol. The van der Waals surface area contributed by atoms with Crippen LogP contribution in [0.5, 0.6) is 5.75 Å². The van der Waals surface area contributed by atoms with Gasteiger partial charge in [0, 0.05) is 44.1 Å². The molecule has 0 radical (unpaired) electrons. The summed E-state index contributed by atoms with van der Waals surface area (Å²) in [5, 5.41) is 3.25.